The third-order valence-electron chi connectivity index (χ3n) is 2.37. The van der Waals surface area contributed by atoms with Gasteiger partial charge in [0.05, 0.1) is 6.61 Å². The first-order chi connectivity index (χ1) is 6.81. The number of rotatable bonds is 2. The molecule has 1 unspecified atom stereocenters. The maximum Gasteiger partial charge on any atom is 0.180 e. The molecule has 1 heterocycles. The third-order valence-corrected chi connectivity index (χ3v) is 2.37. The van der Waals surface area contributed by atoms with Gasteiger partial charge >= 0.3 is 0 Å². The molecule has 0 N–H and O–H groups in total. The lowest BCUT2D eigenvalue weighted by Gasteiger charge is -2.17. The van der Waals surface area contributed by atoms with E-state index >= 15 is 0 Å². The van der Waals surface area contributed by atoms with Crippen molar-refractivity contribution in [3.05, 3.63) is 29.3 Å². The molecule has 14 heavy (non-hydrogen) atoms. The van der Waals surface area contributed by atoms with Gasteiger partial charge in [-0.15, -0.1) is 0 Å². The molecule has 1 atom stereocenters. The minimum Gasteiger partial charge on any atom is -0.493 e. The van der Waals surface area contributed by atoms with E-state index in [9.17, 15) is 9.18 Å². The number of halogens is 1. The average Bonchev–Trinajstić information content (AvgIpc) is 2.27. The van der Waals surface area contributed by atoms with Crippen LogP contribution in [0.15, 0.2) is 18.2 Å². The van der Waals surface area contributed by atoms with Crippen LogP contribution in [0.1, 0.15) is 23.7 Å². The number of alkyl halides is 1. The Morgan fingerprint density at radius 3 is 3.14 bits per heavy atom. The fourth-order valence-electron chi connectivity index (χ4n) is 1.63. The second kappa shape index (κ2) is 3.78. The summed E-state index contributed by atoms with van der Waals surface area (Å²) in [4.78, 5) is 10.3. The molecule has 0 aliphatic carbocycles. The Labute approximate surface area is 81.7 Å². The molecule has 1 aromatic carbocycles. The van der Waals surface area contributed by atoms with E-state index in [0.29, 0.717) is 11.8 Å². The van der Waals surface area contributed by atoms with E-state index in [1.54, 1.807) is 18.2 Å². The van der Waals surface area contributed by atoms with Crippen LogP contribution in [0.5, 0.6) is 5.75 Å². The first-order valence-corrected chi connectivity index (χ1v) is 4.66. The summed E-state index contributed by atoms with van der Waals surface area (Å²) in [6.07, 6.45) is 0.650. The van der Waals surface area contributed by atoms with Crippen LogP contribution in [-0.4, -0.2) is 12.9 Å². The Morgan fingerprint density at radius 2 is 2.36 bits per heavy atom. The van der Waals surface area contributed by atoms with Gasteiger partial charge in [0.15, 0.2) is 12.5 Å². The zero-order chi connectivity index (χ0) is 9.97. The molecule has 0 saturated carbocycles. The molecule has 0 radical (unpaired) electrons. The van der Waals surface area contributed by atoms with Crippen LogP contribution in [0.3, 0.4) is 0 Å². The summed E-state index contributed by atoms with van der Waals surface area (Å²) in [5, 5.41) is 0. The number of aldehydes is 1. The quantitative estimate of drug-likeness (QED) is 0.675. The van der Waals surface area contributed by atoms with Crippen molar-refractivity contribution in [2.24, 2.45) is 0 Å². The van der Waals surface area contributed by atoms with Gasteiger partial charge in [-0.1, -0.05) is 6.07 Å². The van der Waals surface area contributed by atoms with Crippen LogP contribution in [0.4, 0.5) is 4.39 Å². The van der Waals surface area contributed by atoms with Crippen molar-refractivity contribution in [2.45, 2.75) is 19.0 Å². The molecule has 1 aromatic rings. The van der Waals surface area contributed by atoms with Gasteiger partial charge in [0.2, 0.25) is 0 Å². The van der Waals surface area contributed by atoms with Gasteiger partial charge in [-0.3, -0.25) is 4.79 Å². The Bertz CT molecular complexity index is 349. The van der Waals surface area contributed by atoms with Crippen molar-refractivity contribution in [3.63, 3.8) is 0 Å². The molecule has 74 valence electrons. The van der Waals surface area contributed by atoms with Gasteiger partial charge in [-0.25, -0.2) is 4.39 Å². The van der Waals surface area contributed by atoms with E-state index in [0.717, 1.165) is 30.8 Å². The Kier molecular flexibility index (Phi) is 2.48. The Morgan fingerprint density at radius 1 is 1.50 bits per heavy atom. The minimum atomic E-state index is -1.51. The number of fused-ring (bicyclic) bond motifs is 1. The molecule has 1 aliphatic heterocycles. The lowest BCUT2D eigenvalue weighted by atomic mass is 10.0. The molecule has 3 heteroatoms. The first kappa shape index (κ1) is 9.19. The van der Waals surface area contributed by atoms with Gasteiger partial charge in [-0.05, 0) is 36.1 Å². The van der Waals surface area contributed by atoms with Crippen LogP contribution in [0.2, 0.25) is 0 Å². The fourth-order valence-corrected chi connectivity index (χ4v) is 1.63. The zero-order valence-electron chi connectivity index (χ0n) is 7.70. The minimum absolute atomic E-state index is 0.311. The standard InChI is InChI=1S/C11H11FO2/c12-10(7-13)8-3-4-11-9(6-8)2-1-5-14-11/h3-4,6-7,10H,1-2,5H2. The second-order valence-corrected chi connectivity index (χ2v) is 3.36. The SMILES string of the molecule is O=CC(F)c1ccc2c(c1)CCCO2. The highest BCUT2D eigenvalue weighted by Crippen LogP contribution is 2.28. The normalized spacial score (nSPS) is 16.6. The van der Waals surface area contributed by atoms with E-state index in [2.05, 4.69) is 0 Å². The highest BCUT2D eigenvalue weighted by Gasteiger charge is 2.14. The monoisotopic (exact) mass is 194 g/mol. The summed E-state index contributed by atoms with van der Waals surface area (Å²) in [5.41, 5.74) is 1.42. The highest BCUT2D eigenvalue weighted by molar-refractivity contribution is 5.60. The van der Waals surface area contributed by atoms with E-state index in [4.69, 9.17) is 4.74 Å². The van der Waals surface area contributed by atoms with Gasteiger partial charge in [0, 0.05) is 0 Å². The lowest BCUT2D eigenvalue weighted by Crippen LogP contribution is -2.09. The van der Waals surface area contributed by atoms with Crippen molar-refractivity contribution in [1.29, 1.82) is 0 Å². The summed E-state index contributed by atoms with van der Waals surface area (Å²) in [7, 11) is 0. The van der Waals surface area contributed by atoms with Crippen LogP contribution < -0.4 is 4.74 Å². The number of ether oxygens (including phenoxy) is 1. The maximum absolute atomic E-state index is 13.0. The molecular weight excluding hydrogens is 183 g/mol. The predicted octanol–water partition coefficient (Wildman–Crippen LogP) is 2.22. The van der Waals surface area contributed by atoms with E-state index < -0.39 is 6.17 Å². The summed E-state index contributed by atoms with van der Waals surface area (Å²) < 4.78 is 18.4. The van der Waals surface area contributed by atoms with Crippen molar-refractivity contribution >= 4 is 6.29 Å². The fraction of sp³-hybridized carbons (Fsp3) is 0.364. The summed E-state index contributed by atoms with van der Waals surface area (Å²) in [5.74, 6) is 0.818. The van der Waals surface area contributed by atoms with Gasteiger partial charge in [0.25, 0.3) is 0 Å². The molecule has 1 aliphatic rings. The molecule has 0 amide bonds. The molecule has 0 aromatic heterocycles. The molecular formula is C11H11FO2. The number of benzene rings is 1. The number of aryl methyl sites for hydroxylation is 1. The van der Waals surface area contributed by atoms with Crippen molar-refractivity contribution < 1.29 is 13.9 Å². The van der Waals surface area contributed by atoms with Crippen molar-refractivity contribution in [3.8, 4) is 5.75 Å². The van der Waals surface area contributed by atoms with E-state index in [1.165, 1.54) is 0 Å². The topological polar surface area (TPSA) is 26.3 Å². The van der Waals surface area contributed by atoms with Gasteiger partial charge in [0.1, 0.15) is 5.75 Å². The number of carbonyl (C=O) groups is 1. The summed E-state index contributed by atoms with van der Waals surface area (Å²) in [6.45, 7) is 0.721. The van der Waals surface area contributed by atoms with Gasteiger partial charge in [-0.2, -0.15) is 0 Å². The van der Waals surface area contributed by atoms with Crippen LogP contribution in [0.25, 0.3) is 0 Å². The molecule has 0 saturated heterocycles. The largest absolute Gasteiger partial charge is 0.493 e. The zero-order valence-corrected chi connectivity index (χ0v) is 7.70. The molecule has 0 fully saturated rings. The summed E-state index contributed by atoms with van der Waals surface area (Å²) in [6, 6.07) is 5.05. The van der Waals surface area contributed by atoms with Crippen molar-refractivity contribution in [2.75, 3.05) is 6.61 Å². The van der Waals surface area contributed by atoms with E-state index in [1.807, 2.05) is 0 Å². The van der Waals surface area contributed by atoms with Gasteiger partial charge < -0.3 is 4.74 Å². The third kappa shape index (κ3) is 1.62. The highest BCUT2D eigenvalue weighted by atomic mass is 19.1. The second-order valence-electron chi connectivity index (χ2n) is 3.36. The molecule has 0 bridgehead atoms. The lowest BCUT2D eigenvalue weighted by molar-refractivity contribution is -0.112. The summed E-state index contributed by atoms with van der Waals surface area (Å²) >= 11 is 0. The Balaban J connectivity index is 2.33. The molecule has 2 nitrogen and oxygen atoms in total. The average molecular weight is 194 g/mol. The number of hydrogen-bond acceptors (Lipinski definition) is 2. The van der Waals surface area contributed by atoms with E-state index in [-0.39, 0.29) is 0 Å². The van der Waals surface area contributed by atoms with Crippen LogP contribution in [-0.2, 0) is 11.2 Å². The number of carbonyl (C=O) groups excluding carboxylic acids is 1. The van der Waals surface area contributed by atoms with Crippen molar-refractivity contribution in [1.82, 2.24) is 0 Å². The molecule has 2 rings (SSSR count). The maximum atomic E-state index is 13.0. The predicted molar refractivity (Wildman–Crippen MR) is 50.2 cm³/mol. The smallest absolute Gasteiger partial charge is 0.180 e. The van der Waals surface area contributed by atoms with Crippen LogP contribution in [0, 0.1) is 0 Å². The first-order valence-electron chi connectivity index (χ1n) is 4.66. The molecule has 0 spiro atoms. The number of hydrogen-bond donors (Lipinski definition) is 0. The van der Waals surface area contributed by atoms with Crippen LogP contribution >= 0.6 is 0 Å². The Hall–Kier alpha value is -1.38.